The molecule has 1 N–H and O–H groups in total. The van der Waals surface area contributed by atoms with E-state index in [-0.39, 0.29) is 18.0 Å². The number of piperazine rings is 1. The molecule has 7 heteroatoms. The summed E-state index contributed by atoms with van der Waals surface area (Å²) in [7, 11) is 0. The zero-order valence-corrected chi connectivity index (χ0v) is 15.2. The zero-order valence-electron chi connectivity index (χ0n) is 15.2. The molecule has 0 saturated carbocycles. The number of para-hydroxylation sites is 2. The molecule has 2 aromatic carbocycles. The van der Waals surface area contributed by atoms with Crippen LogP contribution in [-0.4, -0.2) is 65.3 Å². The molecule has 0 aromatic heterocycles. The Morgan fingerprint density at radius 3 is 2.33 bits per heavy atom. The third-order valence-corrected chi connectivity index (χ3v) is 4.68. The molecule has 0 aliphatic carbocycles. The third-order valence-electron chi connectivity index (χ3n) is 4.68. The highest BCUT2D eigenvalue weighted by molar-refractivity contribution is 5.45. The van der Waals surface area contributed by atoms with Crippen LogP contribution in [0, 0.1) is 10.1 Å². The minimum atomic E-state index is -0.689. The highest BCUT2D eigenvalue weighted by atomic mass is 16.6. The average molecular weight is 371 g/mol. The predicted octanol–water partition coefficient (Wildman–Crippen LogP) is 2.15. The number of aliphatic hydroxyl groups excluding tert-OH is 1. The maximum atomic E-state index is 11.0. The molecule has 1 fully saturated rings. The van der Waals surface area contributed by atoms with Gasteiger partial charge in [-0.25, -0.2) is 0 Å². The van der Waals surface area contributed by atoms with Crippen LogP contribution in [-0.2, 0) is 6.54 Å². The largest absolute Gasteiger partial charge is 0.484 e. The van der Waals surface area contributed by atoms with Gasteiger partial charge in [-0.15, -0.1) is 0 Å². The standard InChI is InChI=1S/C20H25N3O4/c24-18(16-27-20-9-5-4-8-19(20)23(25)26)15-22-12-10-21(11-13-22)14-17-6-2-1-3-7-17/h1-9,18,24H,10-16H2/t18-/m1/s1. The van der Waals surface area contributed by atoms with E-state index in [1.54, 1.807) is 18.2 Å². The first-order valence-electron chi connectivity index (χ1n) is 9.15. The SMILES string of the molecule is O=[N+]([O-])c1ccccc1OC[C@H](O)CN1CCN(Cc2ccccc2)CC1. The lowest BCUT2D eigenvalue weighted by molar-refractivity contribution is -0.385. The molecule has 0 amide bonds. The second-order valence-electron chi connectivity index (χ2n) is 6.75. The molecule has 1 aliphatic heterocycles. The van der Waals surface area contributed by atoms with E-state index in [2.05, 4.69) is 34.1 Å². The van der Waals surface area contributed by atoms with Crippen LogP contribution in [0.1, 0.15) is 5.56 Å². The molecule has 27 heavy (non-hydrogen) atoms. The number of nitrogens with zero attached hydrogens (tertiary/aromatic N) is 3. The normalized spacial score (nSPS) is 16.8. The minimum absolute atomic E-state index is 0.0368. The molecule has 144 valence electrons. The van der Waals surface area contributed by atoms with Crippen molar-refractivity contribution < 1.29 is 14.8 Å². The van der Waals surface area contributed by atoms with Gasteiger partial charge in [0.1, 0.15) is 12.7 Å². The predicted molar refractivity (Wildman–Crippen MR) is 103 cm³/mol. The summed E-state index contributed by atoms with van der Waals surface area (Å²) in [6.07, 6.45) is -0.689. The maximum Gasteiger partial charge on any atom is 0.310 e. The second kappa shape index (κ2) is 9.45. The highest BCUT2D eigenvalue weighted by Crippen LogP contribution is 2.25. The molecule has 1 heterocycles. The first kappa shape index (κ1) is 19.3. The van der Waals surface area contributed by atoms with Gasteiger partial charge < -0.3 is 9.84 Å². The number of nitro benzene ring substituents is 1. The summed E-state index contributed by atoms with van der Waals surface area (Å²) in [6.45, 7) is 5.15. The molecule has 1 atom stereocenters. The molecule has 0 spiro atoms. The zero-order chi connectivity index (χ0) is 19.1. The Kier molecular flexibility index (Phi) is 6.75. The van der Waals surface area contributed by atoms with E-state index >= 15 is 0 Å². The Morgan fingerprint density at radius 1 is 1.00 bits per heavy atom. The molecular formula is C20H25N3O4. The number of nitro groups is 1. The van der Waals surface area contributed by atoms with Crippen LogP contribution in [0.5, 0.6) is 5.75 Å². The molecule has 2 aromatic rings. The fraction of sp³-hybridized carbons (Fsp3) is 0.400. The van der Waals surface area contributed by atoms with Gasteiger partial charge in [-0.3, -0.25) is 19.9 Å². The lowest BCUT2D eigenvalue weighted by atomic mass is 10.2. The van der Waals surface area contributed by atoms with Gasteiger partial charge in [0.05, 0.1) is 4.92 Å². The molecule has 7 nitrogen and oxygen atoms in total. The van der Waals surface area contributed by atoms with Crippen LogP contribution in [0.25, 0.3) is 0 Å². The highest BCUT2D eigenvalue weighted by Gasteiger charge is 2.20. The van der Waals surface area contributed by atoms with E-state index in [1.165, 1.54) is 11.6 Å². The van der Waals surface area contributed by atoms with Gasteiger partial charge >= 0.3 is 5.69 Å². The fourth-order valence-electron chi connectivity index (χ4n) is 3.24. The fourth-order valence-corrected chi connectivity index (χ4v) is 3.24. The second-order valence-corrected chi connectivity index (χ2v) is 6.75. The topological polar surface area (TPSA) is 79.1 Å². The van der Waals surface area contributed by atoms with Crippen LogP contribution in [0.2, 0.25) is 0 Å². The van der Waals surface area contributed by atoms with Gasteiger partial charge in [-0.05, 0) is 11.6 Å². The molecule has 1 saturated heterocycles. The number of hydrogen-bond acceptors (Lipinski definition) is 6. The van der Waals surface area contributed by atoms with E-state index in [0.717, 1.165) is 32.7 Å². The molecule has 1 aliphatic rings. The smallest absolute Gasteiger partial charge is 0.310 e. The van der Waals surface area contributed by atoms with Crippen LogP contribution < -0.4 is 4.74 Å². The Balaban J connectivity index is 1.41. The van der Waals surface area contributed by atoms with Crippen LogP contribution in [0.3, 0.4) is 0 Å². The Hall–Kier alpha value is -2.48. The molecule has 0 bridgehead atoms. The van der Waals surface area contributed by atoms with Crippen molar-refractivity contribution in [1.29, 1.82) is 0 Å². The van der Waals surface area contributed by atoms with Crippen molar-refractivity contribution >= 4 is 5.69 Å². The number of benzene rings is 2. The first-order valence-corrected chi connectivity index (χ1v) is 9.15. The van der Waals surface area contributed by atoms with Crippen molar-refractivity contribution in [1.82, 2.24) is 9.80 Å². The van der Waals surface area contributed by atoms with Crippen molar-refractivity contribution in [3.05, 3.63) is 70.3 Å². The van der Waals surface area contributed by atoms with Crippen molar-refractivity contribution in [3.8, 4) is 5.75 Å². The van der Waals surface area contributed by atoms with E-state index in [0.29, 0.717) is 6.54 Å². The maximum absolute atomic E-state index is 11.0. The first-order chi connectivity index (χ1) is 13.1. The monoisotopic (exact) mass is 371 g/mol. The minimum Gasteiger partial charge on any atom is -0.484 e. The van der Waals surface area contributed by atoms with Crippen molar-refractivity contribution in [3.63, 3.8) is 0 Å². The number of hydrogen-bond donors (Lipinski definition) is 1. The summed E-state index contributed by atoms with van der Waals surface area (Å²) in [5, 5.41) is 21.2. The Labute approximate surface area is 158 Å². The number of β-amino-alcohol motifs (C(OH)–C–C–N with tert-alkyl or cyclic N) is 1. The molecule has 0 radical (unpaired) electrons. The van der Waals surface area contributed by atoms with Gasteiger partial charge in [0.2, 0.25) is 0 Å². The van der Waals surface area contributed by atoms with E-state index < -0.39 is 11.0 Å². The summed E-state index contributed by atoms with van der Waals surface area (Å²) in [4.78, 5) is 15.1. The van der Waals surface area contributed by atoms with Crippen molar-refractivity contribution in [2.75, 3.05) is 39.3 Å². The summed E-state index contributed by atoms with van der Waals surface area (Å²) in [6, 6.07) is 16.6. The summed E-state index contributed by atoms with van der Waals surface area (Å²) >= 11 is 0. The van der Waals surface area contributed by atoms with E-state index in [1.807, 2.05) is 6.07 Å². The summed E-state index contributed by atoms with van der Waals surface area (Å²) in [5.41, 5.74) is 1.23. The van der Waals surface area contributed by atoms with Gasteiger partial charge in [-0.2, -0.15) is 0 Å². The van der Waals surface area contributed by atoms with Crippen LogP contribution >= 0.6 is 0 Å². The number of ether oxygens (including phenoxy) is 1. The Bertz CT molecular complexity index is 733. The lowest BCUT2D eigenvalue weighted by Gasteiger charge is -2.35. The molecule has 3 rings (SSSR count). The summed E-state index contributed by atoms with van der Waals surface area (Å²) < 4.78 is 5.47. The van der Waals surface area contributed by atoms with Crippen molar-refractivity contribution in [2.45, 2.75) is 12.6 Å². The third kappa shape index (κ3) is 5.75. The van der Waals surface area contributed by atoms with Gasteiger partial charge in [0.15, 0.2) is 5.75 Å². The van der Waals surface area contributed by atoms with Crippen molar-refractivity contribution in [2.24, 2.45) is 0 Å². The van der Waals surface area contributed by atoms with Crippen LogP contribution in [0.15, 0.2) is 54.6 Å². The molecular weight excluding hydrogens is 346 g/mol. The number of aliphatic hydroxyl groups is 1. The summed E-state index contributed by atoms with van der Waals surface area (Å²) in [5.74, 6) is 0.189. The number of rotatable bonds is 8. The Morgan fingerprint density at radius 2 is 1.63 bits per heavy atom. The van der Waals surface area contributed by atoms with Gasteiger partial charge in [0, 0.05) is 45.3 Å². The van der Waals surface area contributed by atoms with Gasteiger partial charge in [-0.1, -0.05) is 42.5 Å². The van der Waals surface area contributed by atoms with Crippen LogP contribution in [0.4, 0.5) is 5.69 Å². The lowest BCUT2D eigenvalue weighted by Crippen LogP contribution is -2.48. The van der Waals surface area contributed by atoms with E-state index in [4.69, 9.17) is 4.74 Å². The molecule has 0 unspecified atom stereocenters. The average Bonchev–Trinajstić information content (AvgIpc) is 2.69. The van der Waals surface area contributed by atoms with E-state index in [9.17, 15) is 15.2 Å². The van der Waals surface area contributed by atoms with Gasteiger partial charge in [0.25, 0.3) is 0 Å². The quantitative estimate of drug-likeness (QED) is 0.566.